The predicted octanol–water partition coefficient (Wildman–Crippen LogP) is 3.10. The third kappa shape index (κ3) is 2.43. The maximum atomic E-state index is 10.6. The number of nitrogens with one attached hydrogen (secondary N) is 1. The summed E-state index contributed by atoms with van der Waals surface area (Å²) in [6, 6.07) is 1.47. The molecule has 5 nitrogen and oxygen atoms in total. The number of benzene rings is 1. The van der Waals surface area contributed by atoms with Crippen molar-refractivity contribution in [2.75, 3.05) is 19.5 Å². The summed E-state index contributed by atoms with van der Waals surface area (Å²) in [6.07, 6.45) is -1.28. The van der Waals surface area contributed by atoms with Crippen molar-refractivity contribution in [3.05, 3.63) is 16.1 Å². The predicted molar refractivity (Wildman–Crippen MR) is 61.2 cm³/mol. The zero-order valence-corrected chi connectivity index (χ0v) is 10.0. The summed E-state index contributed by atoms with van der Waals surface area (Å²) in [5.41, 5.74) is 0.0343. The van der Waals surface area contributed by atoms with Crippen LogP contribution >= 0.6 is 23.2 Å². The van der Waals surface area contributed by atoms with Crippen LogP contribution in [0.5, 0.6) is 11.5 Å². The van der Waals surface area contributed by atoms with Gasteiger partial charge in [-0.3, -0.25) is 5.32 Å². The van der Waals surface area contributed by atoms with Crippen molar-refractivity contribution >= 4 is 35.0 Å². The summed E-state index contributed by atoms with van der Waals surface area (Å²) in [5, 5.41) is 10.9. The van der Waals surface area contributed by atoms with Crippen LogP contribution in [0.3, 0.4) is 0 Å². The second-order valence-electron chi connectivity index (χ2n) is 2.71. The number of rotatable bonds is 3. The average Bonchev–Trinajstić information content (AvgIpc) is 2.24. The van der Waals surface area contributed by atoms with Crippen LogP contribution in [0.4, 0.5) is 10.5 Å². The zero-order valence-electron chi connectivity index (χ0n) is 8.51. The standard InChI is InChI=1S/C9H9Cl2NO4/c1-15-4-3-5(16-2)7(11)8(6(4)10)12-9(13)14/h3,12H,1-2H3,(H,13,14). The SMILES string of the molecule is COc1cc(OC)c(Cl)c(NC(=O)O)c1Cl. The summed E-state index contributed by atoms with van der Waals surface area (Å²) in [5.74, 6) is 0.540. The number of anilines is 1. The molecule has 0 aliphatic heterocycles. The first kappa shape index (κ1) is 12.7. The van der Waals surface area contributed by atoms with Crippen LogP contribution in [0, 0.1) is 0 Å². The number of hydrogen-bond acceptors (Lipinski definition) is 3. The van der Waals surface area contributed by atoms with Gasteiger partial charge in [0.05, 0.1) is 19.9 Å². The van der Waals surface area contributed by atoms with E-state index in [1.807, 2.05) is 0 Å². The summed E-state index contributed by atoms with van der Waals surface area (Å²) < 4.78 is 9.92. The largest absolute Gasteiger partial charge is 0.495 e. The molecule has 0 aliphatic carbocycles. The molecule has 0 unspecified atom stereocenters. The minimum atomic E-state index is -1.28. The number of halogens is 2. The van der Waals surface area contributed by atoms with Gasteiger partial charge in [0.2, 0.25) is 0 Å². The van der Waals surface area contributed by atoms with Gasteiger partial charge in [0.25, 0.3) is 0 Å². The molecule has 1 aromatic carbocycles. The summed E-state index contributed by atoms with van der Waals surface area (Å²) >= 11 is 11.8. The van der Waals surface area contributed by atoms with Crippen molar-refractivity contribution in [3.63, 3.8) is 0 Å². The van der Waals surface area contributed by atoms with Gasteiger partial charge < -0.3 is 14.6 Å². The summed E-state index contributed by atoms with van der Waals surface area (Å²) in [4.78, 5) is 10.6. The van der Waals surface area contributed by atoms with Crippen LogP contribution in [0.2, 0.25) is 10.0 Å². The number of hydrogen-bond donors (Lipinski definition) is 2. The van der Waals surface area contributed by atoms with E-state index in [2.05, 4.69) is 5.32 Å². The van der Waals surface area contributed by atoms with Crippen LogP contribution < -0.4 is 14.8 Å². The molecule has 1 rings (SSSR count). The molecule has 0 aliphatic rings. The normalized spacial score (nSPS) is 9.75. The summed E-state index contributed by atoms with van der Waals surface area (Å²) in [6.45, 7) is 0. The monoisotopic (exact) mass is 265 g/mol. The molecule has 88 valence electrons. The number of amides is 1. The molecule has 0 bridgehead atoms. The van der Waals surface area contributed by atoms with Crippen molar-refractivity contribution in [2.45, 2.75) is 0 Å². The van der Waals surface area contributed by atoms with Gasteiger partial charge in [-0.1, -0.05) is 23.2 Å². The number of carboxylic acid groups (broad SMARTS) is 1. The Kier molecular flexibility index (Phi) is 4.09. The minimum Gasteiger partial charge on any atom is -0.495 e. The molecule has 2 N–H and O–H groups in total. The van der Waals surface area contributed by atoms with E-state index in [1.165, 1.54) is 20.3 Å². The Morgan fingerprint density at radius 2 is 1.69 bits per heavy atom. The van der Waals surface area contributed by atoms with E-state index in [1.54, 1.807) is 0 Å². The van der Waals surface area contributed by atoms with E-state index < -0.39 is 6.09 Å². The highest BCUT2D eigenvalue weighted by Gasteiger charge is 2.18. The Hall–Kier alpha value is -1.33. The maximum absolute atomic E-state index is 10.6. The molecule has 16 heavy (non-hydrogen) atoms. The third-order valence-electron chi connectivity index (χ3n) is 1.81. The Labute approximate surface area is 102 Å². The van der Waals surface area contributed by atoms with Crippen LogP contribution in [-0.2, 0) is 0 Å². The fraction of sp³-hybridized carbons (Fsp3) is 0.222. The first-order valence-corrected chi connectivity index (χ1v) is 4.86. The first-order chi connectivity index (χ1) is 7.51. The highest BCUT2D eigenvalue weighted by molar-refractivity contribution is 6.41. The first-order valence-electron chi connectivity index (χ1n) is 4.11. The van der Waals surface area contributed by atoms with E-state index in [9.17, 15) is 4.79 Å². The quantitative estimate of drug-likeness (QED) is 0.882. The molecule has 0 saturated carbocycles. The Balaban J connectivity index is 3.36. The fourth-order valence-electron chi connectivity index (χ4n) is 1.10. The van der Waals surface area contributed by atoms with E-state index in [-0.39, 0.29) is 27.2 Å². The van der Waals surface area contributed by atoms with Gasteiger partial charge in [-0.2, -0.15) is 0 Å². The molecule has 0 aromatic heterocycles. The number of carbonyl (C=O) groups is 1. The molecule has 1 amide bonds. The summed E-state index contributed by atoms with van der Waals surface area (Å²) in [7, 11) is 2.80. The van der Waals surface area contributed by atoms with Gasteiger partial charge in [-0.25, -0.2) is 4.79 Å². The van der Waals surface area contributed by atoms with Gasteiger partial charge >= 0.3 is 6.09 Å². The average molecular weight is 266 g/mol. The fourth-order valence-corrected chi connectivity index (χ4v) is 1.70. The van der Waals surface area contributed by atoms with Crippen molar-refractivity contribution in [2.24, 2.45) is 0 Å². The lowest BCUT2D eigenvalue weighted by Gasteiger charge is -2.13. The lowest BCUT2D eigenvalue weighted by Crippen LogP contribution is -2.09. The molecule has 0 atom stereocenters. The van der Waals surface area contributed by atoms with Crippen LogP contribution in [0.1, 0.15) is 0 Å². The van der Waals surface area contributed by atoms with Gasteiger partial charge in [-0.15, -0.1) is 0 Å². The third-order valence-corrected chi connectivity index (χ3v) is 2.56. The Morgan fingerprint density at radius 3 is 2.00 bits per heavy atom. The maximum Gasteiger partial charge on any atom is 0.409 e. The molecule has 7 heteroatoms. The van der Waals surface area contributed by atoms with E-state index >= 15 is 0 Å². The second-order valence-corrected chi connectivity index (χ2v) is 3.47. The molecule has 0 radical (unpaired) electrons. The molecule has 1 aromatic rings. The topological polar surface area (TPSA) is 67.8 Å². The number of ether oxygens (including phenoxy) is 2. The molecule has 0 fully saturated rings. The van der Waals surface area contributed by atoms with Gasteiger partial charge in [0.15, 0.2) is 0 Å². The van der Waals surface area contributed by atoms with E-state index in [4.69, 9.17) is 37.8 Å². The van der Waals surface area contributed by atoms with E-state index in [0.29, 0.717) is 0 Å². The Bertz CT molecular complexity index is 394. The van der Waals surface area contributed by atoms with E-state index in [0.717, 1.165) is 0 Å². The lowest BCUT2D eigenvalue weighted by molar-refractivity contribution is 0.209. The van der Waals surface area contributed by atoms with Crippen molar-refractivity contribution < 1.29 is 19.4 Å². The second kappa shape index (κ2) is 5.14. The lowest BCUT2D eigenvalue weighted by atomic mass is 10.2. The highest BCUT2D eigenvalue weighted by atomic mass is 35.5. The molecule has 0 heterocycles. The number of methoxy groups -OCH3 is 2. The van der Waals surface area contributed by atoms with Gasteiger partial charge in [0, 0.05) is 6.07 Å². The van der Waals surface area contributed by atoms with Gasteiger partial charge in [-0.05, 0) is 0 Å². The van der Waals surface area contributed by atoms with Crippen LogP contribution in [-0.4, -0.2) is 25.4 Å². The van der Waals surface area contributed by atoms with Crippen molar-refractivity contribution in [1.29, 1.82) is 0 Å². The molecule has 0 saturated heterocycles. The minimum absolute atomic E-state index is 0.0343. The van der Waals surface area contributed by atoms with Crippen molar-refractivity contribution in [3.8, 4) is 11.5 Å². The van der Waals surface area contributed by atoms with Crippen molar-refractivity contribution in [1.82, 2.24) is 0 Å². The molecule has 0 spiro atoms. The smallest absolute Gasteiger partial charge is 0.409 e. The van der Waals surface area contributed by atoms with Gasteiger partial charge in [0.1, 0.15) is 21.5 Å². The van der Waals surface area contributed by atoms with Crippen LogP contribution in [0.25, 0.3) is 0 Å². The molecular formula is C9H9Cl2NO4. The van der Waals surface area contributed by atoms with Crippen LogP contribution in [0.15, 0.2) is 6.07 Å². The molecular weight excluding hydrogens is 257 g/mol. The highest BCUT2D eigenvalue weighted by Crippen LogP contribution is 2.43. The Morgan fingerprint density at radius 1 is 1.25 bits per heavy atom. The zero-order chi connectivity index (χ0) is 12.3.